The molecule has 2 aliphatic rings. The maximum atomic E-state index is 13.7. The molecule has 182 valence electrons. The molecule has 2 aliphatic heterocycles. The van der Waals surface area contributed by atoms with Crippen molar-refractivity contribution in [2.24, 2.45) is 0 Å². The molecule has 8 nitrogen and oxygen atoms in total. The highest BCUT2D eigenvalue weighted by atomic mass is 35.5. The zero-order valence-corrected chi connectivity index (χ0v) is 20.3. The summed E-state index contributed by atoms with van der Waals surface area (Å²) in [7, 11) is 1.72. The Morgan fingerprint density at radius 1 is 1.17 bits per heavy atom. The van der Waals surface area contributed by atoms with Crippen LogP contribution in [-0.4, -0.2) is 47.5 Å². The number of pyridine rings is 1. The lowest BCUT2D eigenvalue weighted by Crippen LogP contribution is -2.60. The third-order valence-electron chi connectivity index (χ3n) is 6.77. The highest BCUT2D eigenvalue weighted by Gasteiger charge is 2.47. The molecule has 2 N–H and O–H groups in total. The van der Waals surface area contributed by atoms with E-state index in [1.807, 2.05) is 30.3 Å². The number of amides is 1. The minimum atomic E-state index is -0.875. The fourth-order valence-corrected chi connectivity index (χ4v) is 5.20. The van der Waals surface area contributed by atoms with Crippen LogP contribution < -0.4 is 15.0 Å². The van der Waals surface area contributed by atoms with Crippen molar-refractivity contribution in [3.63, 3.8) is 0 Å². The van der Waals surface area contributed by atoms with Gasteiger partial charge in [0, 0.05) is 31.5 Å². The molecular formula is C27H23ClN4O4. The highest BCUT2D eigenvalue weighted by molar-refractivity contribution is 6.36. The number of hydrogen-bond donors (Lipinski definition) is 2. The molecule has 36 heavy (non-hydrogen) atoms. The van der Waals surface area contributed by atoms with Gasteiger partial charge in [0.2, 0.25) is 0 Å². The molecule has 1 amide bonds. The van der Waals surface area contributed by atoms with Crippen LogP contribution in [0.25, 0.3) is 11.0 Å². The Morgan fingerprint density at radius 3 is 2.75 bits per heavy atom. The summed E-state index contributed by atoms with van der Waals surface area (Å²) in [5, 5.41) is 4.33. The molecule has 0 radical (unpaired) electrons. The van der Waals surface area contributed by atoms with E-state index in [-0.39, 0.29) is 23.3 Å². The second kappa shape index (κ2) is 8.65. The molecule has 4 aromatic rings. The number of aromatic nitrogens is 2. The number of carbonyl (C=O) groups is 2. The molecule has 1 saturated heterocycles. The molecule has 0 aliphatic carbocycles. The number of H-pyrrole nitrogens is 1. The van der Waals surface area contributed by atoms with Crippen molar-refractivity contribution in [3.05, 3.63) is 77.1 Å². The quantitative estimate of drug-likeness (QED) is 0.373. The Bertz CT molecular complexity index is 1490. The van der Waals surface area contributed by atoms with Gasteiger partial charge in [0.05, 0.1) is 40.2 Å². The monoisotopic (exact) mass is 502 g/mol. The van der Waals surface area contributed by atoms with Gasteiger partial charge in [-0.1, -0.05) is 29.8 Å². The van der Waals surface area contributed by atoms with Crippen molar-refractivity contribution in [2.75, 3.05) is 30.5 Å². The number of nitrogens with one attached hydrogen (secondary N) is 2. The topological polar surface area (TPSA) is 96.5 Å². The molecule has 2 aromatic carbocycles. The van der Waals surface area contributed by atoms with Crippen molar-refractivity contribution >= 4 is 45.7 Å². The van der Waals surface area contributed by atoms with Crippen LogP contribution >= 0.6 is 11.6 Å². The van der Waals surface area contributed by atoms with Crippen molar-refractivity contribution in [2.45, 2.75) is 18.4 Å². The van der Waals surface area contributed by atoms with Gasteiger partial charge >= 0.3 is 0 Å². The fourth-order valence-electron chi connectivity index (χ4n) is 4.94. The lowest BCUT2D eigenvalue weighted by Gasteiger charge is -2.44. The predicted octanol–water partition coefficient (Wildman–Crippen LogP) is 5.18. The Hall–Kier alpha value is -3.88. The number of aromatic amines is 1. The number of nitrogens with zero attached hydrogens (tertiary/aromatic N) is 2. The minimum absolute atomic E-state index is 0.0729. The van der Waals surface area contributed by atoms with Crippen molar-refractivity contribution in [3.8, 4) is 11.5 Å². The van der Waals surface area contributed by atoms with E-state index in [1.54, 1.807) is 42.5 Å². The summed E-state index contributed by atoms with van der Waals surface area (Å²) in [6, 6.07) is 14.3. The number of para-hydroxylation sites is 1. The van der Waals surface area contributed by atoms with Crippen molar-refractivity contribution < 1.29 is 19.1 Å². The number of ketones is 1. The predicted molar refractivity (Wildman–Crippen MR) is 137 cm³/mol. The highest BCUT2D eigenvalue weighted by Crippen LogP contribution is 2.43. The van der Waals surface area contributed by atoms with Crippen molar-refractivity contribution in [1.82, 2.24) is 9.97 Å². The lowest BCUT2D eigenvalue weighted by molar-refractivity contribution is -0.127. The Morgan fingerprint density at radius 2 is 2.00 bits per heavy atom. The van der Waals surface area contributed by atoms with Crippen LogP contribution in [0.3, 0.4) is 0 Å². The maximum absolute atomic E-state index is 13.7. The van der Waals surface area contributed by atoms with Crippen LogP contribution in [0.1, 0.15) is 28.8 Å². The van der Waals surface area contributed by atoms with Gasteiger partial charge in [-0.25, -0.2) is 4.98 Å². The normalized spacial score (nSPS) is 19.3. The van der Waals surface area contributed by atoms with Crippen LogP contribution in [0, 0.1) is 0 Å². The number of halogens is 1. The second-order valence-electron chi connectivity index (χ2n) is 9.06. The molecule has 6 rings (SSSR count). The van der Waals surface area contributed by atoms with Gasteiger partial charge in [-0.15, -0.1) is 0 Å². The molecule has 1 unspecified atom stereocenters. The van der Waals surface area contributed by atoms with Crippen LogP contribution in [-0.2, 0) is 9.53 Å². The first kappa shape index (κ1) is 22.6. The van der Waals surface area contributed by atoms with Crippen LogP contribution in [0.4, 0.5) is 11.4 Å². The van der Waals surface area contributed by atoms with E-state index in [1.165, 1.54) is 0 Å². The lowest BCUT2D eigenvalue weighted by atomic mass is 9.87. The average molecular weight is 503 g/mol. The van der Waals surface area contributed by atoms with E-state index in [2.05, 4.69) is 15.3 Å². The number of carbonyl (C=O) groups excluding carboxylic acids is 2. The molecule has 1 fully saturated rings. The number of likely N-dealkylation sites (N-methyl/N-ethyl adjacent to an activating group) is 1. The van der Waals surface area contributed by atoms with Crippen molar-refractivity contribution in [1.29, 1.82) is 0 Å². The first-order valence-electron chi connectivity index (χ1n) is 11.7. The van der Waals surface area contributed by atoms with E-state index >= 15 is 0 Å². The SMILES string of the molecule is CN1C(=O)C2(CCCOC2)Nc2c1cnc1[nH]cc(C(=O)c3ccc(Oc4ccccc4)cc3Cl)c21. The first-order chi connectivity index (χ1) is 17.5. The Kier molecular flexibility index (Phi) is 5.43. The van der Waals surface area contributed by atoms with E-state index in [0.29, 0.717) is 58.1 Å². The smallest absolute Gasteiger partial charge is 0.254 e. The van der Waals surface area contributed by atoms with Crippen LogP contribution in [0.15, 0.2) is 60.9 Å². The summed E-state index contributed by atoms with van der Waals surface area (Å²) in [5.74, 6) is 0.869. The van der Waals surface area contributed by atoms with Gasteiger partial charge in [-0.05, 0) is 37.1 Å². The van der Waals surface area contributed by atoms with E-state index in [0.717, 1.165) is 6.42 Å². The standard InChI is InChI=1S/C27H23ClN4O4/c1-32-21-14-30-25-22(23(21)31-27(26(32)34)10-5-11-35-15-27)19(13-29-25)24(33)18-9-8-17(12-20(18)28)36-16-6-3-2-4-7-16/h2-4,6-9,12-14,31H,5,10-11,15H2,1H3,(H,29,30). The number of ether oxygens (including phenoxy) is 2. The Balaban J connectivity index is 1.39. The van der Waals surface area contributed by atoms with Gasteiger partial charge in [0.15, 0.2) is 5.78 Å². The van der Waals surface area contributed by atoms with Crippen LogP contribution in [0.2, 0.25) is 5.02 Å². The summed E-state index contributed by atoms with van der Waals surface area (Å²) in [4.78, 5) is 36.1. The largest absolute Gasteiger partial charge is 0.457 e. The third-order valence-corrected chi connectivity index (χ3v) is 7.08. The number of rotatable bonds is 4. The van der Waals surface area contributed by atoms with E-state index in [9.17, 15) is 9.59 Å². The summed E-state index contributed by atoms with van der Waals surface area (Å²) in [5.41, 5.74) is 1.70. The van der Waals surface area contributed by atoms with Gasteiger partial charge in [0.25, 0.3) is 5.91 Å². The van der Waals surface area contributed by atoms with Gasteiger partial charge in [-0.2, -0.15) is 0 Å². The number of benzene rings is 2. The second-order valence-corrected chi connectivity index (χ2v) is 9.46. The zero-order chi connectivity index (χ0) is 24.9. The molecule has 1 atom stereocenters. The summed E-state index contributed by atoms with van der Waals surface area (Å²) in [6.45, 7) is 0.886. The van der Waals surface area contributed by atoms with Gasteiger partial charge in [0.1, 0.15) is 22.7 Å². The molecule has 0 saturated carbocycles. The third kappa shape index (κ3) is 3.61. The van der Waals surface area contributed by atoms with E-state index in [4.69, 9.17) is 21.1 Å². The average Bonchev–Trinajstić information content (AvgIpc) is 3.33. The fraction of sp³-hybridized carbons (Fsp3) is 0.222. The Labute approximate surface area is 212 Å². The molecule has 1 spiro atoms. The molecule has 9 heteroatoms. The molecule has 0 bridgehead atoms. The zero-order valence-electron chi connectivity index (χ0n) is 19.5. The van der Waals surface area contributed by atoms with Gasteiger partial charge < -0.3 is 24.7 Å². The minimum Gasteiger partial charge on any atom is -0.457 e. The summed E-state index contributed by atoms with van der Waals surface area (Å²) < 4.78 is 11.5. The number of anilines is 2. The maximum Gasteiger partial charge on any atom is 0.254 e. The van der Waals surface area contributed by atoms with Crippen LogP contribution in [0.5, 0.6) is 11.5 Å². The number of fused-ring (bicyclic) bond motifs is 3. The summed E-state index contributed by atoms with van der Waals surface area (Å²) >= 11 is 6.55. The first-order valence-corrected chi connectivity index (χ1v) is 12.1. The summed E-state index contributed by atoms with van der Waals surface area (Å²) in [6.07, 6.45) is 4.67. The van der Waals surface area contributed by atoms with Gasteiger partial charge in [-0.3, -0.25) is 9.59 Å². The molecule has 4 heterocycles. The molecular weight excluding hydrogens is 480 g/mol. The number of hydrogen-bond acceptors (Lipinski definition) is 6. The van der Waals surface area contributed by atoms with E-state index < -0.39 is 5.54 Å². The molecule has 2 aromatic heterocycles.